The second-order valence-electron chi connectivity index (χ2n) is 14.2. The first-order valence-electron chi connectivity index (χ1n) is 18.6. The molecule has 55 heavy (non-hydrogen) atoms. The van der Waals surface area contributed by atoms with E-state index in [9.17, 15) is 0 Å². The molecule has 0 saturated carbocycles. The van der Waals surface area contributed by atoms with Gasteiger partial charge in [0.25, 0.3) is 0 Å². The van der Waals surface area contributed by atoms with Gasteiger partial charge in [-0.1, -0.05) is 140 Å². The summed E-state index contributed by atoms with van der Waals surface area (Å²) in [6.07, 6.45) is 3.96. The lowest BCUT2D eigenvalue weighted by atomic mass is 9.93. The highest BCUT2D eigenvalue weighted by Crippen LogP contribution is 2.40. The smallest absolute Gasteiger partial charge is 0.235 e. The molecule has 5 heteroatoms. The average molecular weight is 700 g/mol. The maximum atomic E-state index is 5.41. The zero-order chi connectivity index (χ0) is 36.0. The highest BCUT2D eigenvalue weighted by atomic mass is 15.2. The Morgan fingerprint density at radius 3 is 1.44 bits per heavy atom. The maximum Gasteiger partial charge on any atom is 0.235 e. The van der Waals surface area contributed by atoms with Crippen LogP contribution in [0.1, 0.15) is 0 Å². The molecule has 0 radical (unpaired) electrons. The second kappa shape index (κ2) is 11.5. The fourth-order valence-electron chi connectivity index (χ4n) is 8.75. The molecule has 0 spiro atoms. The summed E-state index contributed by atoms with van der Waals surface area (Å²) in [5.41, 5.74) is 6.96. The van der Waals surface area contributed by atoms with Crippen molar-refractivity contribution in [3.63, 3.8) is 0 Å². The Morgan fingerprint density at radius 2 is 0.764 bits per heavy atom. The van der Waals surface area contributed by atoms with E-state index in [0.717, 1.165) is 60.3 Å². The minimum atomic E-state index is 0.607. The third kappa shape index (κ3) is 4.41. The average Bonchev–Trinajstić information content (AvgIpc) is 3.60. The lowest BCUT2D eigenvalue weighted by molar-refractivity contribution is 1.01. The van der Waals surface area contributed by atoms with Gasteiger partial charge in [-0.3, -0.25) is 4.57 Å². The van der Waals surface area contributed by atoms with Gasteiger partial charge in [0.05, 0.1) is 11.0 Å². The van der Waals surface area contributed by atoms with Crippen molar-refractivity contribution in [3.8, 4) is 28.5 Å². The van der Waals surface area contributed by atoms with Gasteiger partial charge in [0, 0.05) is 39.5 Å². The van der Waals surface area contributed by atoms with Crippen LogP contribution >= 0.6 is 0 Å². The molecular formula is C50H29N5. The molecular weight excluding hydrogens is 671 g/mol. The molecule has 0 aliphatic rings. The van der Waals surface area contributed by atoms with Gasteiger partial charge in [-0.05, 0) is 78.5 Å². The first-order chi connectivity index (χ1) is 27.3. The number of benzene rings is 9. The van der Waals surface area contributed by atoms with E-state index in [1.807, 2.05) is 18.5 Å². The van der Waals surface area contributed by atoms with Crippen LogP contribution in [0.3, 0.4) is 0 Å². The van der Waals surface area contributed by atoms with E-state index < -0.39 is 0 Å². The minimum Gasteiger partial charge on any atom is -0.278 e. The van der Waals surface area contributed by atoms with Crippen LogP contribution in [-0.4, -0.2) is 24.5 Å². The summed E-state index contributed by atoms with van der Waals surface area (Å²) >= 11 is 0. The van der Waals surface area contributed by atoms with Gasteiger partial charge in [-0.15, -0.1) is 0 Å². The van der Waals surface area contributed by atoms with Gasteiger partial charge >= 0.3 is 0 Å². The van der Waals surface area contributed by atoms with Crippen molar-refractivity contribution in [1.82, 2.24) is 24.5 Å². The van der Waals surface area contributed by atoms with E-state index in [-0.39, 0.29) is 0 Å². The summed E-state index contributed by atoms with van der Waals surface area (Å²) in [4.78, 5) is 21.0. The molecule has 0 amide bonds. The van der Waals surface area contributed by atoms with E-state index in [1.54, 1.807) is 0 Å². The molecule has 0 bridgehead atoms. The SMILES string of the molecule is c1ccc(-c2ccc3c(c2)c2cnc(-c4ccc5c6ccccc6c6ccccc6c5c4)nc2c2nc(-n4c5ccccc5c5ccccc54)ncc32)cc1. The highest BCUT2D eigenvalue weighted by Gasteiger charge is 2.19. The third-order valence-electron chi connectivity index (χ3n) is 11.3. The lowest BCUT2D eigenvalue weighted by Crippen LogP contribution is -2.02. The fourth-order valence-corrected chi connectivity index (χ4v) is 8.75. The number of hydrogen-bond donors (Lipinski definition) is 0. The Bertz CT molecular complexity index is 3460. The fraction of sp³-hybridized carbons (Fsp3) is 0. The molecule has 3 heterocycles. The first-order valence-corrected chi connectivity index (χ1v) is 18.6. The van der Waals surface area contributed by atoms with Crippen LogP contribution in [-0.2, 0) is 0 Å². The molecule has 0 unspecified atom stereocenters. The number of rotatable bonds is 3. The Labute approximate surface area is 314 Å². The van der Waals surface area contributed by atoms with Crippen LogP contribution in [0.5, 0.6) is 0 Å². The van der Waals surface area contributed by atoms with Crippen LogP contribution in [0.2, 0.25) is 0 Å². The van der Waals surface area contributed by atoms with Crippen molar-refractivity contribution in [1.29, 1.82) is 0 Å². The lowest BCUT2D eigenvalue weighted by Gasteiger charge is -2.14. The van der Waals surface area contributed by atoms with Crippen LogP contribution in [0, 0.1) is 0 Å². The van der Waals surface area contributed by atoms with Crippen LogP contribution in [0.25, 0.3) is 115 Å². The van der Waals surface area contributed by atoms with Crippen LogP contribution in [0.4, 0.5) is 0 Å². The Kier molecular flexibility index (Phi) is 6.27. The number of fused-ring (bicyclic) bond motifs is 15. The van der Waals surface area contributed by atoms with Crippen LogP contribution < -0.4 is 0 Å². The minimum absolute atomic E-state index is 0.607. The molecule has 0 N–H and O–H groups in total. The Morgan fingerprint density at radius 1 is 0.309 bits per heavy atom. The van der Waals surface area contributed by atoms with Crippen molar-refractivity contribution >= 4 is 86.7 Å². The van der Waals surface area contributed by atoms with Crippen LogP contribution in [0.15, 0.2) is 176 Å². The Balaban J connectivity index is 1.15. The molecule has 0 aliphatic heterocycles. The molecule has 0 fully saturated rings. The summed E-state index contributed by atoms with van der Waals surface area (Å²) in [7, 11) is 0. The summed E-state index contributed by atoms with van der Waals surface area (Å²) in [6.45, 7) is 0. The third-order valence-corrected chi connectivity index (χ3v) is 11.3. The molecule has 254 valence electrons. The molecule has 5 nitrogen and oxygen atoms in total. The zero-order valence-electron chi connectivity index (χ0n) is 29.5. The predicted molar refractivity (Wildman–Crippen MR) is 228 cm³/mol. The zero-order valence-corrected chi connectivity index (χ0v) is 29.5. The summed E-state index contributed by atoms with van der Waals surface area (Å²) in [5, 5.41) is 13.7. The van der Waals surface area contributed by atoms with Crippen molar-refractivity contribution in [2.24, 2.45) is 0 Å². The molecule has 0 atom stereocenters. The monoisotopic (exact) mass is 699 g/mol. The van der Waals surface area contributed by atoms with Crippen molar-refractivity contribution in [2.45, 2.75) is 0 Å². The highest BCUT2D eigenvalue weighted by molar-refractivity contribution is 6.26. The van der Waals surface area contributed by atoms with Gasteiger partial charge < -0.3 is 0 Å². The molecule has 9 aromatic carbocycles. The predicted octanol–water partition coefficient (Wildman–Crippen LogP) is 12.6. The molecule has 0 aliphatic carbocycles. The van der Waals surface area contributed by atoms with Gasteiger partial charge in [0.1, 0.15) is 11.0 Å². The number of para-hydroxylation sites is 2. The molecule has 12 aromatic rings. The van der Waals surface area contributed by atoms with Gasteiger partial charge in [0.15, 0.2) is 5.82 Å². The topological polar surface area (TPSA) is 56.5 Å². The largest absolute Gasteiger partial charge is 0.278 e. The van der Waals surface area contributed by atoms with E-state index in [4.69, 9.17) is 19.9 Å². The Hall–Kier alpha value is -7.50. The van der Waals surface area contributed by atoms with Crippen molar-refractivity contribution < 1.29 is 0 Å². The number of nitrogens with zero attached hydrogens (tertiary/aromatic N) is 5. The first kappa shape index (κ1) is 30.0. The van der Waals surface area contributed by atoms with Crippen molar-refractivity contribution in [3.05, 3.63) is 176 Å². The van der Waals surface area contributed by atoms with Gasteiger partial charge in [0.2, 0.25) is 5.95 Å². The summed E-state index contributed by atoms with van der Waals surface area (Å²) in [6, 6.07) is 58.0. The van der Waals surface area contributed by atoms with Gasteiger partial charge in [-0.2, -0.15) is 0 Å². The van der Waals surface area contributed by atoms with Gasteiger partial charge in [-0.25, -0.2) is 19.9 Å². The van der Waals surface area contributed by atoms with E-state index in [2.05, 4.69) is 162 Å². The van der Waals surface area contributed by atoms with E-state index in [1.165, 1.54) is 43.1 Å². The van der Waals surface area contributed by atoms with Crippen molar-refractivity contribution in [2.75, 3.05) is 0 Å². The number of hydrogen-bond acceptors (Lipinski definition) is 4. The van der Waals surface area contributed by atoms with E-state index >= 15 is 0 Å². The molecule has 12 rings (SSSR count). The number of aromatic nitrogens is 5. The quantitative estimate of drug-likeness (QED) is 0.172. The maximum absolute atomic E-state index is 5.41. The van der Waals surface area contributed by atoms with E-state index in [0.29, 0.717) is 11.8 Å². The summed E-state index contributed by atoms with van der Waals surface area (Å²) in [5.74, 6) is 1.26. The summed E-state index contributed by atoms with van der Waals surface area (Å²) < 4.78 is 2.17. The molecule has 0 saturated heterocycles. The molecule has 3 aromatic heterocycles. The normalized spacial score (nSPS) is 12.0. The standard InChI is InChI=1S/C50H29N5/c1-2-12-30(13-3-1)31-22-24-38-42(26-31)44-28-51-49(32-23-25-37-35-16-5-4-14-33(35)34-15-6-7-17-36(34)41(37)27-32)53-47(44)48-43(38)29-52-50(54-48)55-45-20-10-8-18-39(45)40-19-9-11-21-46(40)55/h1-29H. The second-order valence-corrected chi connectivity index (χ2v) is 14.2.